The molecule has 2 heterocycles. The lowest BCUT2D eigenvalue weighted by Gasteiger charge is -2.02. The van der Waals surface area contributed by atoms with Gasteiger partial charge in [-0.15, -0.1) is 22.7 Å². The molecule has 8 heteroatoms. The molecule has 0 atom stereocenters. The molecule has 2 aromatic rings. The lowest BCUT2D eigenvalue weighted by Crippen LogP contribution is -2.12. The van der Waals surface area contributed by atoms with Crippen LogP contribution in [0, 0.1) is 0 Å². The molecule has 0 saturated heterocycles. The molecule has 0 aliphatic rings. The van der Waals surface area contributed by atoms with Crippen LogP contribution in [0.4, 0.5) is 5.00 Å². The Morgan fingerprint density at radius 2 is 2.00 bits per heavy atom. The lowest BCUT2D eigenvalue weighted by atomic mass is 10.3. The Hall–Kier alpha value is -1.08. The van der Waals surface area contributed by atoms with Crippen LogP contribution >= 0.6 is 45.9 Å². The summed E-state index contributed by atoms with van der Waals surface area (Å²) >= 11 is 13.8. The van der Waals surface area contributed by atoms with Gasteiger partial charge in [0.05, 0.1) is 15.5 Å². The highest BCUT2D eigenvalue weighted by atomic mass is 35.5. The van der Waals surface area contributed by atoms with E-state index in [0.717, 1.165) is 22.7 Å². The Kier molecular flexibility index (Phi) is 3.91. The topological polar surface area (TPSA) is 66.4 Å². The maximum Gasteiger partial charge on any atom is 0.338 e. The van der Waals surface area contributed by atoms with Crippen LogP contribution in [0.1, 0.15) is 20.7 Å². The first-order chi connectivity index (χ1) is 8.49. The Morgan fingerprint density at radius 1 is 1.28 bits per heavy atom. The smallest absolute Gasteiger partial charge is 0.338 e. The zero-order valence-corrected chi connectivity index (χ0v) is 11.7. The number of hydrogen-bond acceptors (Lipinski definition) is 4. The second kappa shape index (κ2) is 5.27. The highest BCUT2D eigenvalue weighted by Crippen LogP contribution is 2.32. The number of nitrogens with one attached hydrogen (secondary N) is 1. The maximum absolute atomic E-state index is 11.9. The summed E-state index contributed by atoms with van der Waals surface area (Å²) in [6, 6.07) is 2.86. The molecule has 0 bridgehead atoms. The molecule has 0 fully saturated rings. The van der Waals surface area contributed by atoms with Gasteiger partial charge in [-0.1, -0.05) is 23.2 Å². The third-order valence-electron chi connectivity index (χ3n) is 2.02. The molecular formula is C10H5Cl2NO3S2. The van der Waals surface area contributed by atoms with Gasteiger partial charge in [0.2, 0.25) is 0 Å². The normalized spacial score (nSPS) is 10.3. The van der Waals surface area contributed by atoms with Gasteiger partial charge in [-0.05, 0) is 17.5 Å². The van der Waals surface area contributed by atoms with Gasteiger partial charge in [0.25, 0.3) is 5.91 Å². The quantitative estimate of drug-likeness (QED) is 0.895. The number of rotatable bonds is 3. The SMILES string of the molecule is O=C(Nc1sccc1C(=O)O)c1cc(Cl)sc1Cl. The van der Waals surface area contributed by atoms with E-state index in [1.807, 2.05) is 0 Å². The number of thiophene rings is 2. The van der Waals surface area contributed by atoms with Crippen LogP contribution in [0.15, 0.2) is 17.5 Å². The van der Waals surface area contributed by atoms with E-state index < -0.39 is 11.9 Å². The van der Waals surface area contributed by atoms with Crippen molar-refractivity contribution in [2.75, 3.05) is 5.32 Å². The minimum atomic E-state index is -1.10. The van der Waals surface area contributed by atoms with Gasteiger partial charge in [-0.2, -0.15) is 0 Å². The van der Waals surface area contributed by atoms with Gasteiger partial charge in [0.15, 0.2) is 0 Å². The number of aromatic carboxylic acids is 1. The predicted octanol–water partition coefficient (Wildman–Crippen LogP) is 4.07. The summed E-state index contributed by atoms with van der Waals surface area (Å²) in [5.74, 6) is -1.57. The average Bonchev–Trinajstić information content (AvgIpc) is 2.85. The molecule has 0 aliphatic carbocycles. The van der Waals surface area contributed by atoms with E-state index in [9.17, 15) is 9.59 Å². The molecule has 18 heavy (non-hydrogen) atoms. The number of carboxylic acids is 1. The number of halogens is 2. The number of carbonyl (C=O) groups is 2. The first-order valence-corrected chi connectivity index (χ1v) is 7.01. The highest BCUT2D eigenvalue weighted by Gasteiger charge is 2.18. The number of amides is 1. The van der Waals surface area contributed by atoms with Crippen molar-refractivity contribution in [2.45, 2.75) is 0 Å². The second-order valence-corrected chi connectivity index (χ2v) is 6.36. The Balaban J connectivity index is 2.24. The highest BCUT2D eigenvalue weighted by molar-refractivity contribution is 7.20. The minimum Gasteiger partial charge on any atom is -0.478 e. The Morgan fingerprint density at radius 3 is 2.56 bits per heavy atom. The van der Waals surface area contributed by atoms with Crippen molar-refractivity contribution < 1.29 is 14.7 Å². The summed E-state index contributed by atoms with van der Waals surface area (Å²) in [5.41, 5.74) is 0.280. The molecule has 94 valence electrons. The number of anilines is 1. The minimum absolute atomic E-state index is 0.0470. The summed E-state index contributed by atoms with van der Waals surface area (Å²) in [7, 11) is 0. The van der Waals surface area contributed by atoms with Crippen LogP contribution in [0.25, 0.3) is 0 Å². The fourth-order valence-electron chi connectivity index (χ4n) is 1.24. The van der Waals surface area contributed by atoms with Crippen molar-refractivity contribution in [2.24, 2.45) is 0 Å². The van der Waals surface area contributed by atoms with Crippen molar-refractivity contribution in [1.29, 1.82) is 0 Å². The van der Waals surface area contributed by atoms with Crippen LogP contribution in [0.3, 0.4) is 0 Å². The summed E-state index contributed by atoms with van der Waals surface area (Å²) < 4.78 is 0.667. The van der Waals surface area contributed by atoms with Gasteiger partial charge in [0.1, 0.15) is 9.34 Å². The van der Waals surface area contributed by atoms with E-state index in [2.05, 4.69) is 5.32 Å². The summed E-state index contributed by atoms with van der Waals surface area (Å²) in [4.78, 5) is 22.8. The summed E-state index contributed by atoms with van der Waals surface area (Å²) in [6.07, 6.45) is 0. The van der Waals surface area contributed by atoms with E-state index in [-0.39, 0.29) is 20.5 Å². The average molecular weight is 322 g/mol. The molecule has 4 nitrogen and oxygen atoms in total. The first-order valence-electron chi connectivity index (χ1n) is 4.56. The van der Waals surface area contributed by atoms with Crippen molar-refractivity contribution in [3.8, 4) is 0 Å². The van der Waals surface area contributed by atoms with Crippen LogP contribution in [0.2, 0.25) is 8.67 Å². The molecule has 0 aromatic carbocycles. The van der Waals surface area contributed by atoms with Gasteiger partial charge >= 0.3 is 5.97 Å². The Labute approximate surface area is 120 Å². The maximum atomic E-state index is 11.9. The zero-order chi connectivity index (χ0) is 13.3. The number of hydrogen-bond donors (Lipinski definition) is 2. The fraction of sp³-hybridized carbons (Fsp3) is 0. The zero-order valence-electron chi connectivity index (χ0n) is 8.57. The van der Waals surface area contributed by atoms with Crippen molar-refractivity contribution in [3.63, 3.8) is 0 Å². The summed E-state index contributed by atoms with van der Waals surface area (Å²) in [5, 5.41) is 13.3. The van der Waals surface area contributed by atoms with Gasteiger partial charge < -0.3 is 10.4 Å². The molecule has 2 N–H and O–H groups in total. The largest absolute Gasteiger partial charge is 0.478 e. The van der Waals surface area contributed by atoms with Crippen LogP contribution in [-0.2, 0) is 0 Å². The van der Waals surface area contributed by atoms with Crippen LogP contribution in [-0.4, -0.2) is 17.0 Å². The molecule has 0 spiro atoms. The van der Waals surface area contributed by atoms with Gasteiger partial charge in [0, 0.05) is 0 Å². The van der Waals surface area contributed by atoms with Crippen molar-refractivity contribution >= 4 is 62.8 Å². The third-order valence-corrected chi connectivity index (χ3v) is 4.34. The van der Waals surface area contributed by atoms with Crippen molar-refractivity contribution in [1.82, 2.24) is 0 Å². The Bertz CT molecular complexity index is 620. The molecule has 1 amide bonds. The monoisotopic (exact) mass is 321 g/mol. The third kappa shape index (κ3) is 2.67. The van der Waals surface area contributed by atoms with Crippen LogP contribution in [0.5, 0.6) is 0 Å². The van der Waals surface area contributed by atoms with Gasteiger partial charge in [-0.3, -0.25) is 4.79 Å². The van der Waals surface area contributed by atoms with E-state index in [4.69, 9.17) is 28.3 Å². The number of carbonyl (C=O) groups excluding carboxylic acids is 1. The van der Waals surface area contributed by atoms with E-state index in [0.29, 0.717) is 4.34 Å². The first kappa shape index (κ1) is 13.4. The molecule has 2 aromatic heterocycles. The molecule has 2 rings (SSSR count). The predicted molar refractivity (Wildman–Crippen MR) is 73.6 cm³/mol. The van der Waals surface area contributed by atoms with E-state index in [1.165, 1.54) is 12.1 Å². The fourth-order valence-corrected chi connectivity index (χ4v) is 3.47. The molecule has 0 unspecified atom stereocenters. The summed E-state index contributed by atoms with van der Waals surface area (Å²) in [6.45, 7) is 0. The molecule has 0 radical (unpaired) electrons. The standard InChI is InChI=1S/C10H5Cl2NO3S2/c11-6-3-5(7(12)18-6)8(14)13-9-4(10(15)16)1-2-17-9/h1-3H,(H,13,14)(H,15,16). The van der Waals surface area contributed by atoms with Crippen molar-refractivity contribution in [3.05, 3.63) is 37.3 Å². The lowest BCUT2D eigenvalue weighted by molar-refractivity contribution is 0.0698. The molecule has 0 aliphatic heterocycles. The van der Waals surface area contributed by atoms with E-state index >= 15 is 0 Å². The van der Waals surface area contributed by atoms with E-state index in [1.54, 1.807) is 5.38 Å². The second-order valence-electron chi connectivity index (χ2n) is 3.16. The number of carboxylic acid groups (broad SMARTS) is 1. The molecular weight excluding hydrogens is 317 g/mol. The molecule has 0 saturated carbocycles. The van der Waals surface area contributed by atoms with Crippen LogP contribution < -0.4 is 5.32 Å². The van der Waals surface area contributed by atoms with Gasteiger partial charge in [-0.25, -0.2) is 4.79 Å².